The Labute approximate surface area is 158 Å². The molecule has 140 valence electrons. The molecular formula is C20H24ClNO4. The second-order valence-corrected chi connectivity index (χ2v) is 7.06. The molecular weight excluding hydrogens is 354 g/mol. The smallest absolute Gasteiger partial charge is 0.415 e. The number of benzene rings is 1. The van der Waals surface area contributed by atoms with Crippen LogP contribution in [0.25, 0.3) is 0 Å². The average molecular weight is 378 g/mol. The largest absolute Gasteiger partial charge is 0.467 e. The highest BCUT2D eigenvalue weighted by Gasteiger charge is 2.67. The monoisotopic (exact) mass is 377 g/mol. The van der Waals surface area contributed by atoms with Crippen LogP contribution < -0.4 is 0 Å². The summed E-state index contributed by atoms with van der Waals surface area (Å²) in [6, 6.07) is 7.15. The number of carbonyl (C=O) groups is 2. The van der Waals surface area contributed by atoms with Crippen LogP contribution in [0, 0.1) is 5.92 Å². The highest BCUT2D eigenvalue weighted by Crippen LogP contribution is 2.57. The zero-order valence-electron chi connectivity index (χ0n) is 15.2. The Bertz CT molecular complexity index is 732. The Hall–Kier alpha value is -2.01. The van der Waals surface area contributed by atoms with Crippen molar-refractivity contribution in [3.63, 3.8) is 0 Å². The lowest BCUT2D eigenvalue weighted by atomic mass is 9.64. The zero-order chi connectivity index (χ0) is 18.7. The van der Waals surface area contributed by atoms with Gasteiger partial charge in [0.1, 0.15) is 0 Å². The number of halogens is 1. The molecule has 0 radical (unpaired) electrons. The van der Waals surface area contributed by atoms with E-state index in [0.29, 0.717) is 23.6 Å². The summed E-state index contributed by atoms with van der Waals surface area (Å²) in [4.78, 5) is 27.2. The van der Waals surface area contributed by atoms with Crippen molar-refractivity contribution in [3.05, 3.63) is 46.6 Å². The second kappa shape index (κ2) is 7.70. The van der Waals surface area contributed by atoms with Crippen molar-refractivity contribution in [2.45, 2.75) is 44.6 Å². The van der Waals surface area contributed by atoms with Gasteiger partial charge in [-0.05, 0) is 12.5 Å². The molecule has 0 unspecified atom stereocenters. The van der Waals surface area contributed by atoms with E-state index in [1.54, 1.807) is 18.2 Å². The molecule has 3 rings (SSSR count). The van der Waals surface area contributed by atoms with Crippen LogP contribution in [0.1, 0.15) is 44.6 Å². The van der Waals surface area contributed by atoms with Gasteiger partial charge in [0.15, 0.2) is 5.54 Å². The van der Waals surface area contributed by atoms with Crippen LogP contribution in [0.15, 0.2) is 36.0 Å². The van der Waals surface area contributed by atoms with E-state index in [9.17, 15) is 9.59 Å². The summed E-state index contributed by atoms with van der Waals surface area (Å²) in [5.41, 5.74) is 0.161. The Morgan fingerprint density at radius 3 is 2.85 bits per heavy atom. The summed E-state index contributed by atoms with van der Waals surface area (Å²) in [7, 11) is 1.34. The first-order chi connectivity index (χ1) is 12.6. The topological polar surface area (TPSA) is 55.8 Å². The van der Waals surface area contributed by atoms with Crippen molar-refractivity contribution in [1.29, 1.82) is 0 Å². The highest BCUT2D eigenvalue weighted by atomic mass is 35.5. The van der Waals surface area contributed by atoms with Crippen molar-refractivity contribution in [1.82, 2.24) is 4.90 Å². The number of fused-ring (bicyclic) bond motifs is 1. The van der Waals surface area contributed by atoms with Crippen LogP contribution in [0.3, 0.4) is 0 Å². The lowest BCUT2D eigenvalue weighted by Crippen LogP contribution is -2.68. The minimum atomic E-state index is -1.27. The molecule has 1 aromatic rings. The lowest BCUT2D eigenvalue weighted by Gasteiger charge is -2.57. The Balaban J connectivity index is 2.15. The molecule has 1 aromatic carbocycles. The summed E-state index contributed by atoms with van der Waals surface area (Å²) < 4.78 is 10.5. The number of esters is 1. The fourth-order valence-corrected chi connectivity index (χ4v) is 4.38. The molecule has 0 bridgehead atoms. The highest BCUT2D eigenvalue weighted by molar-refractivity contribution is 6.31. The number of carbonyl (C=O) groups excluding carboxylic acids is 2. The number of cyclic esters (lactones) is 1. The van der Waals surface area contributed by atoms with E-state index >= 15 is 0 Å². The maximum Gasteiger partial charge on any atom is 0.415 e. The van der Waals surface area contributed by atoms with E-state index in [1.165, 1.54) is 12.0 Å². The zero-order valence-corrected chi connectivity index (χ0v) is 15.9. The van der Waals surface area contributed by atoms with Gasteiger partial charge in [0.05, 0.1) is 13.7 Å². The van der Waals surface area contributed by atoms with Crippen molar-refractivity contribution in [2.75, 3.05) is 13.7 Å². The molecule has 1 fully saturated rings. The van der Waals surface area contributed by atoms with Gasteiger partial charge in [0.25, 0.3) is 0 Å². The third-order valence-electron chi connectivity index (χ3n) is 5.23. The maximum absolute atomic E-state index is 13.1. The molecule has 0 spiro atoms. The van der Waals surface area contributed by atoms with E-state index in [-0.39, 0.29) is 5.92 Å². The number of hydrogen-bond donors (Lipinski definition) is 0. The Morgan fingerprint density at radius 1 is 1.38 bits per heavy atom. The summed E-state index contributed by atoms with van der Waals surface area (Å²) in [5.74, 6) is -0.643. The summed E-state index contributed by atoms with van der Waals surface area (Å²) in [6.45, 7) is 2.44. The Morgan fingerprint density at radius 2 is 2.15 bits per heavy atom. The lowest BCUT2D eigenvalue weighted by molar-refractivity contribution is -0.166. The van der Waals surface area contributed by atoms with E-state index in [4.69, 9.17) is 21.1 Å². The molecule has 0 saturated carbocycles. The van der Waals surface area contributed by atoms with Gasteiger partial charge in [-0.2, -0.15) is 0 Å². The molecule has 5 nitrogen and oxygen atoms in total. The van der Waals surface area contributed by atoms with E-state index < -0.39 is 17.6 Å². The number of hydrogen-bond acceptors (Lipinski definition) is 4. The van der Waals surface area contributed by atoms with Gasteiger partial charge in [-0.3, -0.25) is 4.90 Å². The first-order valence-electron chi connectivity index (χ1n) is 9.09. The molecule has 2 heterocycles. The third kappa shape index (κ3) is 2.78. The van der Waals surface area contributed by atoms with Gasteiger partial charge in [-0.1, -0.05) is 62.1 Å². The molecule has 26 heavy (non-hydrogen) atoms. The molecule has 1 saturated heterocycles. The van der Waals surface area contributed by atoms with Crippen molar-refractivity contribution in [3.8, 4) is 0 Å². The van der Waals surface area contributed by atoms with E-state index in [1.807, 2.05) is 12.1 Å². The number of methoxy groups -OCH3 is 1. The van der Waals surface area contributed by atoms with Crippen LogP contribution in [0.5, 0.6) is 0 Å². The average Bonchev–Trinajstić information content (AvgIpc) is 2.80. The Kier molecular flexibility index (Phi) is 5.56. The summed E-state index contributed by atoms with van der Waals surface area (Å²) >= 11 is 6.46. The predicted molar refractivity (Wildman–Crippen MR) is 98.7 cm³/mol. The molecule has 1 amide bonds. The first-order valence-corrected chi connectivity index (χ1v) is 9.47. The number of unbranched alkanes of at least 4 members (excludes halogenated alkanes) is 2. The van der Waals surface area contributed by atoms with Crippen molar-refractivity contribution in [2.24, 2.45) is 5.92 Å². The summed E-state index contributed by atoms with van der Waals surface area (Å²) in [6.07, 6.45) is 6.00. The predicted octanol–water partition coefficient (Wildman–Crippen LogP) is 4.64. The minimum absolute atomic E-state index is 0.160. The number of rotatable bonds is 6. The SMILES string of the molecule is CCCCC[C@H]1C2=CCCOC(=O)N2[C@]1(C(=O)OC)c1ccccc1Cl. The molecule has 6 heteroatoms. The number of ether oxygens (including phenoxy) is 2. The molecule has 0 aromatic heterocycles. The molecule has 0 N–H and O–H groups in total. The van der Waals surface area contributed by atoms with Crippen LogP contribution in [0.2, 0.25) is 5.02 Å². The number of nitrogens with zero attached hydrogens (tertiary/aromatic N) is 1. The standard InChI is InChI=1S/C20H24ClNO4/c1-3-4-5-10-15-17-12-8-13-26-19(24)22(17)20(15,18(23)25-2)14-9-6-7-11-16(14)21/h6-7,9,11-12,15H,3-5,8,10,13H2,1-2H3/t15-,20+/m0/s1. The number of amides is 1. The molecule has 2 atom stereocenters. The van der Waals surface area contributed by atoms with Crippen LogP contribution in [-0.2, 0) is 19.8 Å². The van der Waals surface area contributed by atoms with Crippen LogP contribution in [-0.4, -0.2) is 30.7 Å². The van der Waals surface area contributed by atoms with Gasteiger partial charge in [0, 0.05) is 28.6 Å². The maximum atomic E-state index is 13.1. The molecule has 0 aliphatic carbocycles. The first kappa shape index (κ1) is 18.8. The second-order valence-electron chi connectivity index (χ2n) is 6.65. The minimum Gasteiger partial charge on any atom is -0.467 e. The quantitative estimate of drug-likeness (QED) is 0.535. The van der Waals surface area contributed by atoms with Crippen LogP contribution in [0.4, 0.5) is 4.79 Å². The van der Waals surface area contributed by atoms with E-state index in [0.717, 1.165) is 31.4 Å². The van der Waals surface area contributed by atoms with Gasteiger partial charge in [-0.25, -0.2) is 9.59 Å². The van der Waals surface area contributed by atoms with E-state index in [2.05, 4.69) is 6.92 Å². The molecule has 2 aliphatic heterocycles. The van der Waals surface area contributed by atoms with Gasteiger partial charge in [0.2, 0.25) is 0 Å². The van der Waals surface area contributed by atoms with Gasteiger partial charge >= 0.3 is 12.1 Å². The fourth-order valence-electron chi connectivity index (χ4n) is 4.10. The third-order valence-corrected chi connectivity index (χ3v) is 5.56. The van der Waals surface area contributed by atoms with Crippen molar-refractivity contribution >= 4 is 23.7 Å². The van der Waals surface area contributed by atoms with Gasteiger partial charge in [-0.15, -0.1) is 0 Å². The summed E-state index contributed by atoms with van der Waals surface area (Å²) in [5, 5.41) is 0.439. The van der Waals surface area contributed by atoms with Crippen molar-refractivity contribution < 1.29 is 19.1 Å². The van der Waals surface area contributed by atoms with Crippen LogP contribution >= 0.6 is 11.6 Å². The molecule has 2 aliphatic rings. The normalized spacial score (nSPS) is 24.7. The fraction of sp³-hybridized carbons (Fsp3) is 0.500. The van der Waals surface area contributed by atoms with Gasteiger partial charge < -0.3 is 9.47 Å².